The van der Waals surface area contributed by atoms with Crippen molar-refractivity contribution in [1.82, 2.24) is 0 Å². The standard InChI is InChI=1S/C15H13BrO3/c16-13-6-7-14(15(17)18)12(8-13)10-19-9-11-4-2-1-3-5-11/h1-8H,9-10H2,(H,17,18). The summed E-state index contributed by atoms with van der Waals surface area (Å²) in [5.41, 5.74) is 2.00. The first kappa shape index (κ1) is 13.8. The first-order valence-corrected chi connectivity index (χ1v) is 6.59. The fourth-order valence-electron chi connectivity index (χ4n) is 1.74. The Labute approximate surface area is 120 Å². The summed E-state index contributed by atoms with van der Waals surface area (Å²) in [5.74, 6) is -0.939. The summed E-state index contributed by atoms with van der Waals surface area (Å²) in [6, 6.07) is 14.8. The number of carbonyl (C=O) groups is 1. The van der Waals surface area contributed by atoms with E-state index in [1.807, 2.05) is 30.3 Å². The van der Waals surface area contributed by atoms with Gasteiger partial charge in [-0.15, -0.1) is 0 Å². The summed E-state index contributed by atoms with van der Waals surface area (Å²) in [6.07, 6.45) is 0. The average molecular weight is 321 g/mol. The molecule has 0 heterocycles. The summed E-state index contributed by atoms with van der Waals surface area (Å²) in [4.78, 5) is 11.1. The topological polar surface area (TPSA) is 46.5 Å². The van der Waals surface area contributed by atoms with Crippen LogP contribution in [0.15, 0.2) is 53.0 Å². The second-order valence-corrected chi connectivity index (χ2v) is 5.00. The molecule has 1 N–H and O–H groups in total. The molecule has 2 aromatic rings. The lowest BCUT2D eigenvalue weighted by molar-refractivity contribution is 0.0684. The van der Waals surface area contributed by atoms with Crippen molar-refractivity contribution in [2.75, 3.05) is 0 Å². The van der Waals surface area contributed by atoms with E-state index in [2.05, 4.69) is 15.9 Å². The molecule has 0 aliphatic rings. The van der Waals surface area contributed by atoms with Gasteiger partial charge < -0.3 is 9.84 Å². The van der Waals surface area contributed by atoms with Gasteiger partial charge in [-0.05, 0) is 29.3 Å². The fraction of sp³-hybridized carbons (Fsp3) is 0.133. The van der Waals surface area contributed by atoms with Crippen LogP contribution in [0, 0.1) is 0 Å². The zero-order valence-electron chi connectivity index (χ0n) is 10.2. The molecule has 0 radical (unpaired) electrons. The van der Waals surface area contributed by atoms with E-state index < -0.39 is 5.97 Å². The van der Waals surface area contributed by atoms with Crippen LogP contribution in [0.5, 0.6) is 0 Å². The normalized spacial score (nSPS) is 10.4. The summed E-state index contributed by atoms with van der Waals surface area (Å²) in [7, 11) is 0. The van der Waals surface area contributed by atoms with Crippen LogP contribution >= 0.6 is 15.9 Å². The van der Waals surface area contributed by atoms with Gasteiger partial charge in [0.15, 0.2) is 0 Å². The number of carboxylic acid groups (broad SMARTS) is 1. The van der Waals surface area contributed by atoms with E-state index in [1.165, 1.54) is 0 Å². The van der Waals surface area contributed by atoms with Gasteiger partial charge in [-0.1, -0.05) is 46.3 Å². The van der Waals surface area contributed by atoms with Gasteiger partial charge in [0.1, 0.15) is 0 Å². The van der Waals surface area contributed by atoms with Crippen molar-refractivity contribution >= 4 is 21.9 Å². The molecule has 0 aromatic heterocycles. The van der Waals surface area contributed by atoms with Crippen LogP contribution in [0.1, 0.15) is 21.5 Å². The second-order valence-electron chi connectivity index (χ2n) is 4.09. The molecule has 0 saturated heterocycles. The Balaban J connectivity index is 2.03. The van der Waals surface area contributed by atoms with Crippen molar-refractivity contribution in [2.24, 2.45) is 0 Å². The Morgan fingerprint density at radius 3 is 2.53 bits per heavy atom. The van der Waals surface area contributed by atoms with E-state index in [9.17, 15) is 4.79 Å². The molecule has 3 nitrogen and oxygen atoms in total. The summed E-state index contributed by atoms with van der Waals surface area (Å²) in [5, 5.41) is 9.10. The van der Waals surface area contributed by atoms with Crippen LogP contribution in [0.3, 0.4) is 0 Å². The number of aromatic carboxylic acids is 1. The van der Waals surface area contributed by atoms with Crippen LogP contribution in [-0.4, -0.2) is 11.1 Å². The highest BCUT2D eigenvalue weighted by molar-refractivity contribution is 9.10. The van der Waals surface area contributed by atoms with E-state index in [0.29, 0.717) is 12.2 Å². The molecule has 0 bridgehead atoms. The summed E-state index contributed by atoms with van der Waals surface area (Å²) in [6.45, 7) is 0.738. The first-order valence-electron chi connectivity index (χ1n) is 5.80. The minimum atomic E-state index is -0.939. The first-order chi connectivity index (χ1) is 9.16. The van der Waals surface area contributed by atoms with Crippen LogP contribution in [0.4, 0.5) is 0 Å². The minimum absolute atomic E-state index is 0.274. The number of hydrogen-bond donors (Lipinski definition) is 1. The maximum atomic E-state index is 11.1. The van der Waals surface area contributed by atoms with E-state index in [-0.39, 0.29) is 12.2 Å². The van der Waals surface area contributed by atoms with Gasteiger partial charge in [-0.25, -0.2) is 4.79 Å². The lowest BCUT2D eigenvalue weighted by atomic mass is 10.1. The maximum Gasteiger partial charge on any atom is 0.336 e. The van der Waals surface area contributed by atoms with Crippen LogP contribution in [-0.2, 0) is 18.0 Å². The van der Waals surface area contributed by atoms with Crippen LogP contribution < -0.4 is 0 Å². The lowest BCUT2D eigenvalue weighted by Crippen LogP contribution is -2.04. The van der Waals surface area contributed by atoms with Crippen molar-refractivity contribution in [3.05, 3.63) is 69.7 Å². The molecule has 0 atom stereocenters. The molecule has 0 fully saturated rings. The number of ether oxygens (including phenoxy) is 1. The number of rotatable bonds is 5. The zero-order valence-corrected chi connectivity index (χ0v) is 11.8. The van der Waals surface area contributed by atoms with Crippen molar-refractivity contribution in [3.8, 4) is 0 Å². The maximum absolute atomic E-state index is 11.1. The van der Waals surface area contributed by atoms with Gasteiger partial charge in [0.25, 0.3) is 0 Å². The van der Waals surface area contributed by atoms with Gasteiger partial charge in [0.2, 0.25) is 0 Å². The lowest BCUT2D eigenvalue weighted by Gasteiger charge is -2.08. The average Bonchev–Trinajstić information content (AvgIpc) is 2.39. The highest BCUT2D eigenvalue weighted by Gasteiger charge is 2.10. The monoisotopic (exact) mass is 320 g/mol. The highest BCUT2D eigenvalue weighted by atomic mass is 79.9. The smallest absolute Gasteiger partial charge is 0.336 e. The molecule has 2 aromatic carbocycles. The molecular weight excluding hydrogens is 308 g/mol. The molecular formula is C15H13BrO3. The van der Waals surface area contributed by atoms with Crippen molar-refractivity contribution in [3.63, 3.8) is 0 Å². The molecule has 0 aliphatic heterocycles. The molecule has 0 unspecified atom stereocenters. The Morgan fingerprint density at radius 1 is 1.11 bits per heavy atom. The largest absolute Gasteiger partial charge is 0.478 e. The Bertz CT molecular complexity index is 567. The Hall–Kier alpha value is -1.65. The van der Waals surface area contributed by atoms with Crippen LogP contribution in [0.25, 0.3) is 0 Å². The Morgan fingerprint density at radius 2 is 1.84 bits per heavy atom. The summed E-state index contributed by atoms with van der Waals surface area (Å²) < 4.78 is 6.41. The third-order valence-corrected chi connectivity index (χ3v) is 3.16. The van der Waals surface area contributed by atoms with Gasteiger partial charge in [-0.2, -0.15) is 0 Å². The second kappa shape index (κ2) is 6.50. The van der Waals surface area contributed by atoms with Gasteiger partial charge in [0.05, 0.1) is 18.8 Å². The van der Waals surface area contributed by atoms with E-state index in [0.717, 1.165) is 10.0 Å². The number of carboxylic acids is 1. The van der Waals surface area contributed by atoms with Crippen molar-refractivity contribution < 1.29 is 14.6 Å². The minimum Gasteiger partial charge on any atom is -0.478 e. The van der Waals surface area contributed by atoms with E-state index in [4.69, 9.17) is 9.84 Å². The molecule has 0 spiro atoms. The fourth-order valence-corrected chi connectivity index (χ4v) is 2.15. The number of benzene rings is 2. The highest BCUT2D eigenvalue weighted by Crippen LogP contribution is 2.18. The SMILES string of the molecule is O=C(O)c1ccc(Br)cc1COCc1ccccc1. The number of hydrogen-bond acceptors (Lipinski definition) is 2. The number of halogens is 1. The van der Waals surface area contributed by atoms with Crippen molar-refractivity contribution in [2.45, 2.75) is 13.2 Å². The summed E-state index contributed by atoms with van der Waals surface area (Å²) >= 11 is 3.33. The quantitative estimate of drug-likeness (QED) is 0.909. The third-order valence-electron chi connectivity index (χ3n) is 2.67. The molecule has 98 valence electrons. The third kappa shape index (κ3) is 3.91. The molecule has 4 heteroatoms. The van der Waals surface area contributed by atoms with Crippen molar-refractivity contribution in [1.29, 1.82) is 0 Å². The Kier molecular flexibility index (Phi) is 4.71. The predicted molar refractivity (Wildman–Crippen MR) is 76.0 cm³/mol. The van der Waals surface area contributed by atoms with E-state index in [1.54, 1.807) is 18.2 Å². The zero-order chi connectivity index (χ0) is 13.7. The molecule has 19 heavy (non-hydrogen) atoms. The van der Waals surface area contributed by atoms with Gasteiger partial charge >= 0.3 is 5.97 Å². The molecule has 0 saturated carbocycles. The molecule has 0 aliphatic carbocycles. The van der Waals surface area contributed by atoms with Gasteiger partial charge in [-0.3, -0.25) is 0 Å². The van der Waals surface area contributed by atoms with Crippen LogP contribution in [0.2, 0.25) is 0 Å². The van der Waals surface area contributed by atoms with Gasteiger partial charge in [0, 0.05) is 4.47 Å². The van der Waals surface area contributed by atoms with E-state index >= 15 is 0 Å². The molecule has 2 rings (SSSR count). The molecule has 0 amide bonds. The predicted octanol–water partition coefficient (Wildman–Crippen LogP) is 3.86.